The number of thioether (sulfide) groups is 1. The number of aromatic nitrogens is 3. The van der Waals surface area contributed by atoms with Crippen molar-refractivity contribution in [3.05, 3.63) is 116 Å². The molecule has 0 saturated carbocycles. The molecule has 5 heterocycles. The van der Waals surface area contributed by atoms with Crippen molar-refractivity contribution in [1.82, 2.24) is 25.1 Å². The van der Waals surface area contributed by atoms with Gasteiger partial charge in [0, 0.05) is 39.7 Å². The molecule has 0 radical (unpaired) electrons. The van der Waals surface area contributed by atoms with Crippen LogP contribution in [0.15, 0.2) is 83.5 Å². The second-order valence-corrected chi connectivity index (χ2v) is 21.1. The monoisotopic (exact) mass is 1180 g/mol. The largest absolute Gasteiger partial charge is 1.00 e. The van der Waals surface area contributed by atoms with Crippen LogP contribution in [-0.2, 0) is 53.1 Å². The Morgan fingerprint density at radius 1 is 1.00 bits per heavy atom. The van der Waals surface area contributed by atoms with Crippen molar-refractivity contribution in [1.29, 1.82) is 5.41 Å². The summed E-state index contributed by atoms with van der Waals surface area (Å²) in [7, 11) is 2.75. The van der Waals surface area contributed by atoms with E-state index in [1.807, 2.05) is 22.9 Å². The van der Waals surface area contributed by atoms with Crippen LogP contribution >= 0.6 is 46.3 Å². The number of hydrogen-bond donors (Lipinski definition) is 4. The maximum atomic E-state index is 15.6. The van der Waals surface area contributed by atoms with Crippen molar-refractivity contribution in [2.24, 2.45) is 5.16 Å². The van der Waals surface area contributed by atoms with Crippen molar-refractivity contribution in [2.75, 3.05) is 25.3 Å². The van der Waals surface area contributed by atoms with E-state index >= 15 is 4.39 Å². The van der Waals surface area contributed by atoms with Gasteiger partial charge in [-0.25, -0.2) is 28.3 Å². The van der Waals surface area contributed by atoms with Gasteiger partial charge in [-0.2, -0.15) is 0 Å². The predicted octanol–water partition coefficient (Wildman–Crippen LogP) is 4.54. The number of thiazole rings is 1. The Morgan fingerprint density at radius 3 is 2.35 bits per heavy atom. The lowest BCUT2D eigenvalue weighted by atomic mass is 10.0. The normalized spacial score (nSPS) is 15.7. The van der Waals surface area contributed by atoms with E-state index in [4.69, 9.17) is 52.4 Å². The number of nitrogens with one attached hydrogen (secondary N) is 4. The number of amidine groups is 1. The van der Waals surface area contributed by atoms with Crippen LogP contribution in [0.3, 0.4) is 0 Å². The Kier molecular flexibility index (Phi) is 17.5. The van der Waals surface area contributed by atoms with E-state index in [-0.39, 0.29) is 98.0 Å². The summed E-state index contributed by atoms with van der Waals surface area (Å²) in [5.41, 5.74) is 0.138. The molecule has 382 valence electrons. The number of rotatable bonds is 14. The summed E-state index contributed by atoms with van der Waals surface area (Å²) < 4.78 is 40.8. The predicted molar refractivity (Wildman–Crippen MR) is 264 cm³/mol. The lowest BCUT2D eigenvalue weighted by Gasteiger charge is -2.49. The summed E-state index contributed by atoms with van der Waals surface area (Å²) in [4.78, 5) is 77.2. The highest BCUT2D eigenvalue weighted by atomic mass is 127. The maximum absolute atomic E-state index is 15.6. The highest BCUT2D eigenvalue weighted by Gasteiger charge is 2.55. The van der Waals surface area contributed by atoms with Gasteiger partial charge in [0.2, 0.25) is 0 Å². The zero-order valence-corrected chi connectivity index (χ0v) is 45.3. The number of anilines is 1. The molecule has 2 aliphatic rings. The number of esters is 1. The molecule has 0 spiro atoms. The number of benzene rings is 2. The van der Waals surface area contributed by atoms with Crippen molar-refractivity contribution in [3.63, 3.8) is 0 Å². The van der Waals surface area contributed by atoms with E-state index in [0.29, 0.717) is 16.9 Å². The molecule has 1 fully saturated rings. The molecule has 2 aliphatic heterocycles. The minimum atomic E-state index is -1.11. The van der Waals surface area contributed by atoms with E-state index in [0.717, 1.165) is 28.3 Å². The first kappa shape index (κ1) is 55.3. The average Bonchev–Trinajstić information content (AvgIpc) is 3.87. The third kappa shape index (κ3) is 13.1. The first-order valence-corrected chi connectivity index (χ1v) is 24.2. The van der Waals surface area contributed by atoms with E-state index < -0.39 is 58.4 Å². The van der Waals surface area contributed by atoms with Crippen LogP contribution in [0.5, 0.6) is 5.75 Å². The number of methoxy groups -OCH3 is 1. The third-order valence-electron chi connectivity index (χ3n) is 10.4. The average molecular weight is 1180 g/mol. The SMILES string of the molecule is CO/N=C(\C(=O)N[C@@H]1C(=O)N2C(C(=O)OCc3ccc(OC)cc3)=C(C[n+]3ccc4c(ccn4Cc4c(F)cc(C(=N)NC(=O)OC(C)(C)C)cc4Cl)c3)CS[C@H]12)c1nc(NC(=O)OC(C)(C)C)sc1Cl.[I-]. The van der Waals surface area contributed by atoms with Crippen molar-refractivity contribution in [3.8, 4) is 5.75 Å². The second kappa shape index (κ2) is 22.8. The Balaban J connectivity index is 0.00000847. The Labute approximate surface area is 448 Å². The summed E-state index contributed by atoms with van der Waals surface area (Å²) in [6, 6.07) is 12.0. The number of halogens is 4. The lowest BCUT2D eigenvalue weighted by molar-refractivity contribution is -0.687. The number of ether oxygens (including phenoxy) is 4. The second-order valence-electron chi connectivity index (χ2n) is 17.9. The molecule has 19 nitrogen and oxygen atoms in total. The molecule has 4 N–H and O–H groups in total. The number of nitrogens with zero attached hydrogens (tertiary/aromatic N) is 5. The molecule has 1 saturated heterocycles. The van der Waals surface area contributed by atoms with Gasteiger partial charge in [0.25, 0.3) is 11.8 Å². The van der Waals surface area contributed by atoms with E-state index in [9.17, 15) is 24.0 Å². The van der Waals surface area contributed by atoms with E-state index in [1.54, 1.807) is 82.8 Å². The number of β-lactam (4-membered cyclic amide) rings is 1. The van der Waals surface area contributed by atoms with Gasteiger partial charge in [-0.3, -0.25) is 30.5 Å². The van der Waals surface area contributed by atoms with Crippen LogP contribution in [0.25, 0.3) is 10.9 Å². The minimum absolute atomic E-state index is 0. The Hall–Kier alpha value is -6.02. The summed E-state index contributed by atoms with van der Waals surface area (Å²) in [5.74, 6) is -2.39. The first-order valence-electron chi connectivity index (χ1n) is 21.6. The number of alkyl carbamates (subject to hydrolysis) is 1. The highest BCUT2D eigenvalue weighted by molar-refractivity contribution is 8.00. The molecule has 2 aromatic carbocycles. The summed E-state index contributed by atoms with van der Waals surface area (Å²) in [5, 5.41) is 19.7. The molecule has 25 heteroatoms. The Bertz CT molecular complexity index is 2990. The van der Waals surface area contributed by atoms with Crippen LogP contribution in [0.2, 0.25) is 9.36 Å². The van der Waals surface area contributed by atoms with Gasteiger partial charge in [0.05, 0.1) is 24.6 Å². The number of pyridine rings is 1. The van der Waals surface area contributed by atoms with Gasteiger partial charge in [-0.15, -0.1) is 11.8 Å². The fourth-order valence-corrected chi connectivity index (χ4v) is 9.95. The quantitative estimate of drug-likeness (QED) is 0.0176. The standard InChI is InChI=1S/C47H48Cl2FN9O10S2.HI/c1-46(2,3)68-44(63)54-38(51)26-17-30(48)29(31(50)18-26)21-58-16-13-25-19-57(15-14-32(25)58)20-27-23-70-41-35(40(61)59(41)36(27)42(62)67-22-24-9-11-28(65-7)12-10-24)52-39(60)34(56-66-8)33-37(49)71-43(53-33)55-45(64)69-47(4,5)6;/h9-19,35,41H,20-23H2,1-8H3,(H3-,51,52,53,54,55,60,63,64);1H/b56-34-;/t35-,41-;/m1./s1. The lowest BCUT2D eigenvalue weighted by Crippen LogP contribution is -3.00. The van der Waals surface area contributed by atoms with Crippen molar-refractivity contribution < 1.29 is 80.7 Å². The summed E-state index contributed by atoms with van der Waals surface area (Å²) >= 11 is 15.2. The summed E-state index contributed by atoms with van der Waals surface area (Å²) in [6.07, 6.45) is 3.74. The fourth-order valence-electron chi connectivity index (χ4n) is 7.31. The molecule has 72 heavy (non-hydrogen) atoms. The highest BCUT2D eigenvalue weighted by Crippen LogP contribution is 2.41. The molecule has 5 aromatic rings. The van der Waals surface area contributed by atoms with Crippen LogP contribution in [0.1, 0.15) is 63.9 Å². The van der Waals surface area contributed by atoms with Gasteiger partial charge in [0.15, 0.2) is 29.8 Å². The fraction of sp³-hybridized carbons (Fsp3) is 0.340. The molecule has 3 aromatic heterocycles. The van der Waals surface area contributed by atoms with Gasteiger partial charge in [-0.05, 0) is 77.4 Å². The van der Waals surface area contributed by atoms with Crippen LogP contribution in [0, 0.1) is 11.2 Å². The van der Waals surface area contributed by atoms with Crippen LogP contribution in [0.4, 0.5) is 19.1 Å². The number of amides is 4. The molecule has 0 bridgehead atoms. The molecule has 0 aliphatic carbocycles. The molecule has 2 atom stereocenters. The number of carbonyl (C=O) groups excluding carboxylic acids is 5. The van der Waals surface area contributed by atoms with Crippen molar-refractivity contribution >= 4 is 104 Å². The maximum Gasteiger partial charge on any atom is 0.413 e. The minimum Gasteiger partial charge on any atom is -1.00 e. The number of oxime groups is 1. The van der Waals surface area contributed by atoms with Crippen LogP contribution in [-0.4, -0.2) is 98.6 Å². The van der Waals surface area contributed by atoms with E-state index in [1.165, 1.54) is 36.9 Å². The number of hydrogen-bond acceptors (Lipinski definition) is 15. The molecule has 4 amide bonds. The zero-order chi connectivity index (χ0) is 51.5. The molecule has 0 unspecified atom stereocenters. The Morgan fingerprint density at radius 2 is 1.69 bits per heavy atom. The van der Waals surface area contributed by atoms with Gasteiger partial charge in [-0.1, -0.05) is 51.8 Å². The van der Waals surface area contributed by atoms with Gasteiger partial charge in [0.1, 0.15) is 69.5 Å². The first-order chi connectivity index (χ1) is 33.5. The molecular weight excluding hydrogens is 1130 g/mol. The number of carbonyl (C=O) groups is 5. The zero-order valence-electron chi connectivity index (χ0n) is 40.0. The van der Waals surface area contributed by atoms with Crippen molar-refractivity contribution in [2.45, 2.75) is 83.9 Å². The topological polar surface area (TPSA) is 229 Å². The molecule has 7 rings (SSSR count). The van der Waals surface area contributed by atoms with Gasteiger partial charge >= 0.3 is 18.2 Å². The molecular formula is C47H49Cl2FIN9O10S2. The van der Waals surface area contributed by atoms with E-state index in [2.05, 4.69) is 26.1 Å². The van der Waals surface area contributed by atoms with Gasteiger partial charge < -0.3 is 57.6 Å². The third-order valence-corrected chi connectivity index (χ3v) is 13.2. The number of fused-ring (bicyclic) bond motifs is 2. The van der Waals surface area contributed by atoms with Crippen LogP contribution < -0.4 is 49.2 Å². The summed E-state index contributed by atoms with van der Waals surface area (Å²) in [6.45, 7) is 10.2. The smallest absolute Gasteiger partial charge is 0.413 e.